The Morgan fingerprint density at radius 1 is 1.19 bits per heavy atom. The molecule has 6 heteroatoms. The number of amides is 2. The number of carboxylic acids is 1. The summed E-state index contributed by atoms with van der Waals surface area (Å²) >= 11 is 1.07. The van der Waals surface area contributed by atoms with Crippen LogP contribution in [0.4, 0.5) is 0 Å². The molecule has 0 spiro atoms. The number of carboxylic acid groups (broad SMARTS) is 1. The van der Waals surface area contributed by atoms with Gasteiger partial charge in [-0.3, -0.25) is 14.5 Å². The Morgan fingerprint density at radius 2 is 1.95 bits per heavy atom. The molecule has 3 rings (SSSR count). The van der Waals surface area contributed by atoms with Gasteiger partial charge < -0.3 is 5.11 Å². The van der Waals surface area contributed by atoms with E-state index in [0.29, 0.717) is 10.4 Å². The van der Waals surface area contributed by atoms with Crippen LogP contribution in [0, 0.1) is 0 Å². The van der Waals surface area contributed by atoms with Gasteiger partial charge in [0.25, 0.3) is 5.91 Å². The van der Waals surface area contributed by atoms with Gasteiger partial charge >= 0.3 is 5.97 Å². The number of hydrogen-bond acceptors (Lipinski definition) is 4. The first-order valence-electron chi connectivity index (χ1n) is 6.31. The Kier molecular flexibility index (Phi) is 3.31. The summed E-state index contributed by atoms with van der Waals surface area (Å²) in [6.45, 7) is 0.115. The average Bonchev–Trinajstić information content (AvgIpc) is 2.92. The SMILES string of the molecule is O=C(O)c1ccc(CN2C(=O)Cc3ccccc3C2=O)s1. The first kappa shape index (κ1) is 13.5. The zero-order valence-electron chi connectivity index (χ0n) is 10.9. The Labute approximate surface area is 124 Å². The van der Waals surface area contributed by atoms with Crippen LogP contribution in [0.3, 0.4) is 0 Å². The van der Waals surface area contributed by atoms with Gasteiger partial charge in [0.1, 0.15) is 4.88 Å². The highest BCUT2D eigenvalue weighted by Crippen LogP contribution is 2.24. The number of carbonyl (C=O) groups is 3. The van der Waals surface area contributed by atoms with Gasteiger partial charge in [0.05, 0.1) is 13.0 Å². The van der Waals surface area contributed by atoms with Crippen LogP contribution in [0.1, 0.15) is 30.5 Å². The predicted molar refractivity (Wildman–Crippen MR) is 76.3 cm³/mol. The number of nitrogens with zero attached hydrogens (tertiary/aromatic N) is 1. The summed E-state index contributed by atoms with van der Waals surface area (Å²) < 4.78 is 0. The second kappa shape index (κ2) is 5.14. The molecule has 106 valence electrons. The van der Waals surface area contributed by atoms with Crippen molar-refractivity contribution >= 4 is 29.1 Å². The van der Waals surface area contributed by atoms with Gasteiger partial charge in [0.2, 0.25) is 5.91 Å². The lowest BCUT2D eigenvalue weighted by molar-refractivity contribution is -0.128. The summed E-state index contributed by atoms with van der Waals surface area (Å²) in [5.74, 6) is -1.59. The van der Waals surface area contributed by atoms with Crippen LogP contribution >= 0.6 is 11.3 Å². The fraction of sp³-hybridized carbons (Fsp3) is 0.133. The molecule has 1 aliphatic heterocycles. The van der Waals surface area contributed by atoms with Crippen molar-refractivity contribution in [3.05, 3.63) is 57.3 Å². The van der Waals surface area contributed by atoms with Gasteiger partial charge in [0, 0.05) is 10.4 Å². The summed E-state index contributed by atoms with van der Waals surface area (Å²) in [6, 6.07) is 10.2. The van der Waals surface area contributed by atoms with E-state index in [1.807, 2.05) is 0 Å². The summed E-state index contributed by atoms with van der Waals surface area (Å²) in [6.07, 6.45) is 0.194. The Balaban J connectivity index is 1.87. The summed E-state index contributed by atoms with van der Waals surface area (Å²) in [4.78, 5) is 37.4. The summed E-state index contributed by atoms with van der Waals surface area (Å²) in [5, 5.41) is 8.90. The largest absolute Gasteiger partial charge is 0.477 e. The molecule has 1 aromatic heterocycles. The number of aromatic carboxylic acids is 1. The van der Waals surface area contributed by atoms with Crippen molar-refractivity contribution in [1.29, 1.82) is 0 Å². The van der Waals surface area contributed by atoms with Gasteiger partial charge in [-0.05, 0) is 23.8 Å². The first-order valence-corrected chi connectivity index (χ1v) is 7.12. The van der Waals surface area contributed by atoms with E-state index in [4.69, 9.17) is 5.11 Å². The highest BCUT2D eigenvalue weighted by Gasteiger charge is 2.30. The molecule has 0 aliphatic carbocycles. The molecule has 0 radical (unpaired) electrons. The maximum absolute atomic E-state index is 12.4. The standard InChI is InChI=1S/C15H11NO4S/c17-13-7-9-3-1-2-4-11(9)14(18)16(13)8-10-5-6-12(21-10)15(19)20/h1-6H,7-8H2,(H,19,20). The zero-order valence-corrected chi connectivity index (χ0v) is 11.7. The lowest BCUT2D eigenvalue weighted by Crippen LogP contribution is -2.41. The minimum Gasteiger partial charge on any atom is -0.477 e. The maximum atomic E-state index is 12.4. The highest BCUT2D eigenvalue weighted by molar-refractivity contribution is 7.13. The van der Waals surface area contributed by atoms with Crippen molar-refractivity contribution in [3.63, 3.8) is 0 Å². The van der Waals surface area contributed by atoms with Crippen LogP contribution in [-0.4, -0.2) is 27.8 Å². The van der Waals surface area contributed by atoms with Crippen molar-refractivity contribution in [3.8, 4) is 0 Å². The second-order valence-electron chi connectivity index (χ2n) is 4.69. The van der Waals surface area contributed by atoms with Gasteiger partial charge in [-0.2, -0.15) is 0 Å². The van der Waals surface area contributed by atoms with Crippen LogP contribution in [-0.2, 0) is 17.8 Å². The fourth-order valence-electron chi connectivity index (χ4n) is 2.29. The molecule has 1 N–H and O–H groups in total. The molecule has 2 amide bonds. The molecule has 5 nitrogen and oxygen atoms in total. The third kappa shape index (κ3) is 2.45. The number of thiophene rings is 1. The molecule has 2 aromatic rings. The number of imide groups is 1. The molecule has 2 heterocycles. The van der Waals surface area contributed by atoms with Crippen molar-refractivity contribution in [2.75, 3.05) is 0 Å². The molecule has 0 saturated heterocycles. The van der Waals surface area contributed by atoms with Crippen molar-refractivity contribution in [2.24, 2.45) is 0 Å². The van der Waals surface area contributed by atoms with E-state index in [1.165, 1.54) is 11.0 Å². The topological polar surface area (TPSA) is 74.7 Å². The van der Waals surface area contributed by atoms with Crippen molar-refractivity contribution < 1.29 is 19.5 Å². The van der Waals surface area contributed by atoms with E-state index in [-0.39, 0.29) is 29.7 Å². The third-order valence-corrected chi connectivity index (χ3v) is 4.38. The molecule has 0 fully saturated rings. The maximum Gasteiger partial charge on any atom is 0.345 e. The number of fused-ring (bicyclic) bond motifs is 1. The number of carbonyl (C=O) groups excluding carboxylic acids is 2. The summed E-state index contributed by atoms with van der Waals surface area (Å²) in [7, 11) is 0. The highest BCUT2D eigenvalue weighted by atomic mass is 32.1. The van der Waals surface area contributed by atoms with Gasteiger partial charge in [-0.1, -0.05) is 18.2 Å². The molecular formula is C15H11NO4S. The molecule has 1 aliphatic rings. The number of rotatable bonds is 3. The Hall–Kier alpha value is -2.47. The minimum absolute atomic E-state index is 0.115. The zero-order chi connectivity index (χ0) is 15.0. The average molecular weight is 301 g/mol. The second-order valence-corrected chi connectivity index (χ2v) is 5.86. The minimum atomic E-state index is -1.01. The van der Waals surface area contributed by atoms with Crippen LogP contribution in [0.25, 0.3) is 0 Å². The molecular weight excluding hydrogens is 290 g/mol. The Morgan fingerprint density at radius 3 is 2.67 bits per heavy atom. The third-order valence-electron chi connectivity index (χ3n) is 3.32. The van der Waals surface area contributed by atoms with E-state index >= 15 is 0 Å². The molecule has 0 unspecified atom stereocenters. The molecule has 1 aromatic carbocycles. The van der Waals surface area contributed by atoms with Crippen LogP contribution in [0.5, 0.6) is 0 Å². The van der Waals surface area contributed by atoms with Crippen LogP contribution in [0.15, 0.2) is 36.4 Å². The van der Waals surface area contributed by atoms with E-state index in [2.05, 4.69) is 0 Å². The van der Waals surface area contributed by atoms with E-state index in [1.54, 1.807) is 30.3 Å². The normalized spacial score (nSPS) is 14.2. The van der Waals surface area contributed by atoms with E-state index in [9.17, 15) is 14.4 Å². The van der Waals surface area contributed by atoms with E-state index < -0.39 is 5.97 Å². The smallest absolute Gasteiger partial charge is 0.345 e. The van der Waals surface area contributed by atoms with Crippen LogP contribution in [0.2, 0.25) is 0 Å². The Bertz CT molecular complexity index is 750. The molecule has 21 heavy (non-hydrogen) atoms. The van der Waals surface area contributed by atoms with Crippen LogP contribution < -0.4 is 0 Å². The lowest BCUT2D eigenvalue weighted by atomic mass is 9.98. The van der Waals surface area contributed by atoms with E-state index in [0.717, 1.165) is 16.9 Å². The van der Waals surface area contributed by atoms with Crippen molar-refractivity contribution in [2.45, 2.75) is 13.0 Å². The van der Waals surface area contributed by atoms with Gasteiger partial charge in [0.15, 0.2) is 0 Å². The van der Waals surface area contributed by atoms with Gasteiger partial charge in [-0.25, -0.2) is 4.79 Å². The number of benzene rings is 1. The molecule has 0 atom stereocenters. The lowest BCUT2D eigenvalue weighted by Gasteiger charge is -2.26. The fourth-order valence-corrected chi connectivity index (χ4v) is 3.13. The van der Waals surface area contributed by atoms with Gasteiger partial charge in [-0.15, -0.1) is 11.3 Å². The molecule has 0 saturated carbocycles. The monoisotopic (exact) mass is 301 g/mol. The first-order chi connectivity index (χ1) is 10.1. The quantitative estimate of drug-likeness (QED) is 0.882. The predicted octanol–water partition coefficient (Wildman–Crippen LogP) is 2.17. The molecule has 0 bridgehead atoms. The van der Waals surface area contributed by atoms with Crippen molar-refractivity contribution in [1.82, 2.24) is 4.90 Å². The number of hydrogen-bond donors (Lipinski definition) is 1. The summed E-state index contributed by atoms with van der Waals surface area (Å²) in [5.41, 5.74) is 1.27.